The molecule has 1 aliphatic heterocycles. The van der Waals surface area contributed by atoms with Gasteiger partial charge in [-0.05, 0) is 84.2 Å². The molecule has 0 radical (unpaired) electrons. The standard InChI is InChI=1S/C36H55NO2Si/c1-23(2)20-25-14-16-26(17-15-25)33-30-31(36(38-33)18-12-13-19-36)29-27(37-32(30)24(3)4)21-35(8,9)22-28(29)39-40(10,11)34(5,6)7/h14-17,23-24,28,33H,12-13,18-22H2,1-11H3/t28?,33-/m1/s1. The summed E-state index contributed by atoms with van der Waals surface area (Å²) in [6.07, 6.45) is 7.86. The van der Waals surface area contributed by atoms with Crippen molar-refractivity contribution in [1.29, 1.82) is 0 Å². The van der Waals surface area contributed by atoms with Gasteiger partial charge in [0.15, 0.2) is 8.32 Å². The summed E-state index contributed by atoms with van der Waals surface area (Å²) in [4.78, 5) is 5.57. The summed E-state index contributed by atoms with van der Waals surface area (Å²) in [6, 6.07) is 9.31. The number of hydrogen-bond acceptors (Lipinski definition) is 3. The highest BCUT2D eigenvalue weighted by atomic mass is 28.4. The molecule has 1 aromatic carbocycles. The van der Waals surface area contributed by atoms with Gasteiger partial charge in [0, 0.05) is 22.5 Å². The Balaban J connectivity index is 1.72. The molecule has 3 aliphatic rings. The Morgan fingerprint density at radius 3 is 2.17 bits per heavy atom. The Labute approximate surface area is 246 Å². The molecule has 0 bridgehead atoms. The zero-order valence-electron chi connectivity index (χ0n) is 27.3. The van der Waals surface area contributed by atoms with Gasteiger partial charge in [-0.25, -0.2) is 0 Å². The first kappa shape index (κ1) is 30.0. The highest BCUT2D eigenvalue weighted by Crippen LogP contribution is 2.60. The maximum absolute atomic E-state index is 7.37. The van der Waals surface area contributed by atoms with Gasteiger partial charge in [-0.2, -0.15) is 0 Å². The lowest BCUT2D eigenvalue weighted by atomic mass is 9.70. The molecule has 1 saturated carbocycles. The molecule has 2 heterocycles. The predicted octanol–water partition coefficient (Wildman–Crippen LogP) is 10.3. The minimum atomic E-state index is -2.01. The number of rotatable bonds is 6. The zero-order valence-corrected chi connectivity index (χ0v) is 28.3. The van der Waals surface area contributed by atoms with Gasteiger partial charge >= 0.3 is 0 Å². The second-order valence-electron chi connectivity index (χ2n) is 16.3. The van der Waals surface area contributed by atoms with Gasteiger partial charge in [-0.3, -0.25) is 4.98 Å². The van der Waals surface area contributed by atoms with Crippen LogP contribution in [0.1, 0.15) is 152 Å². The predicted molar refractivity (Wildman–Crippen MR) is 170 cm³/mol. The third-order valence-electron chi connectivity index (χ3n) is 10.3. The zero-order chi connectivity index (χ0) is 29.3. The van der Waals surface area contributed by atoms with Gasteiger partial charge in [-0.15, -0.1) is 0 Å². The number of pyridine rings is 1. The molecule has 4 heteroatoms. The summed E-state index contributed by atoms with van der Waals surface area (Å²) < 4.78 is 14.7. The van der Waals surface area contributed by atoms with Gasteiger partial charge in [0.2, 0.25) is 0 Å². The molecule has 3 nitrogen and oxygen atoms in total. The fraction of sp³-hybridized carbons (Fsp3) is 0.694. The Morgan fingerprint density at radius 2 is 1.62 bits per heavy atom. The fourth-order valence-corrected chi connectivity index (χ4v) is 8.58. The van der Waals surface area contributed by atoms with Crippen molar-refractivity contribution in [2.45, 2.75) is 149 Å². The molecule has 220 valence electrons. The van der Waals surface area contributed by atoms with Crippen molar-refractivity contribution in [2.24, 2.45) is 11.3 Å². The topological polar surface area (TPSA) is 31.4 Å². The van der Waals surface area contributed by atoms with Crippen molar-refractivity contribution in [3.8, 4) is 0 Å². The van der Waals surface area contributed by atoms with Crippen LogP contribution in [0.25, 0.3) is 0 Å². The van der Waals surface area contributed by atoms with Crippen LogP contribution < -0.4 is 0 Å². The van der Waals surface area contributed by atoms with Crippen molar-refractivity contribution in [3.05, 3.63) is 63.5 Å². The summed E-state index contributed by atoms with van der Waals surface area (Å²) in [5, 5.41) is 0.158. The summed E-state index contributed by atoms with van der Waals surface area (Å²) in [5.41, 5.74) is 9.41. The summed E-state index contributed by atoms with van der Waals surface area (Å²) in [6.45, 7) is 25.9. The van der Waals surface area contributed by atoms with E-state index in [1.807, 2.05) is 0 Å². The maximum Gasteiger partial charge on any atom is 0.192 e. The third-order valence-corrected chi connectivity index (χ3v) is 14.8. The number of nitrogens with zero attached hydrogens (tertiary/aromatic N) is 1. The van der Waals surface area contributed by atoms with E-state index in [1.54, 1.807) is 0 Å². The molecule has 1 fully saturated rings. The number of aromatic nitrogens is 1. The lowest BCUT2D eigenvalue weighted by molar-refractivity contribution is -0.0579. The van der Waals surface area contributed by atoms with Crippen LogP contribution in [0.3, 0.4) is 0 Å². The lowest BCUT2D eigenvalue weighted by Gasteiger charge is -2.45. The smallest absolute Gasteiger partial charge is 0.192 e. The van der Waals surface area contributed by atoms with Gasteiger partial charge < -0.3 is 9.16 Å². The normalized spacial score (nSPS) is 23.7. The van der Waals surface area contributed by atoms with E-state index in [0.29, 0.717) is 11.8 Å². The van der Waals surface area contributed by atoms with E-state index in [9.17, 15) is 0 Å². The summed E-state index contributed by atoms with van der Waals surface area (Å²) >= 11 is 0. The van der Waals surface area contributed by atoms with Crippen molar-refractivity contribution in [2.75, 3.05) is 0 Å². The monoisotopic (exact) mass is 561 g/mol. The van der Waals surface area contributed by atoms with E-state index >= 15 is 0 Å². The number of ether oxygens (including phenoxy) is 1. The molecular weight excluding hydrogens is 506 g/mol. The minimum absolute atomic E-state index is 0.0557. The first-order valence-electron chi connectivity index (χ1n) is 16.1. The van der Waals surface area contributed by atoms with E-state index < -0.39 is 8.32 Å². The van der Waals surface area contributed by atoms with Crippen LogP contribution in [0.15, 0.2) is 24.3 Å². The van der Waals surface area contributed by atoms with Crippen molar-refractivity contribution in [3.63, 3.8) is 0 Å². The first-order chi connectivity index (χ1) is 18.5. The lowest BCUT2D eigenvalue weighted by Crippen LogP contribution is -2.44. The van der Waals surface area contributed by atoms with Crippen molar-refractivity contribution < 1.29 is 9.16 Å². The first-order valence-corrected chi connectivity index (χ1v) is 19.0. The van der Waals surface area contributed by atoms with E-state index in [-0.39, 0.29) is 28.3 Å². The van der Waals surface area contributed by atoms with E-state index in [4.69, 9.17) is 14.1 Å². The summed E-state index contributed by atoms with van der Waals surface area (Å²) in [5.74, 6) is 0.994. The van der Waals surface area contributed by atoms with Crippen LogP contribution in [-0.4, -0.2) is 13.3 Å². The van der Waals surface area contributed by atoms with E-state index in [0.717, 1.165) is 32.1 Å². The van der Waals surface area contributed by atoms with Crippen LogP contribution in [0, 0.1) is 11.3 Å². The molecule has 5 rings (SSSR count). The number of hydrogen-bond donors (Lipinski definition) is 0. The Hall–Kier alpha value is -1.49. The molecule has 0 N–H and O–H groups in total. The largest absolute Gasteiger partial charge is 0.410 e. The molecule has 2 aliphatic carbocycles. The Bertz CT molecular complexity index is 1230. The fourth-order valence-electron chi connectivity index (χ4n) is 7.32. The average molecular weight is 562 g/mol. The second-order valence-corrected chi connectivity index (χ2v) is 21.0. The Morgan fingerprint density at radius 1 is 1.00 bits per heavy atom. The van der Waals surface area contributed by atoms with Gasteiger partial charge in [0.25, 0.3) is 0 Å². The van der Waals surface area contributed by atoms with Crippen molar-refractivity contribution >= 4 is 8.32 Å². The SMILES string of the molecule is CC(C)Cc1ccc([C@H]2OC3(CCCC3)c3c4c(nc(C(C)C)c32)CC(C)(C)CC4O[Si](C)(C)C(C)(C)C)cc1. The van der Waals surface area contributed by atoms with Crippen LogP contribution in [0.2, 0.25) is 18.1 Å². The van der Waals surface area contributed by atoms with Crippen LogP contribution in [-0.2, 0) is 27.6 Å². The van der Waals surface area contributed by atoms with Crippen LogP contribution in [0.5, 0.6) is 0 Å². The van der Waals surface area contributed by atoms with Crippen LogP contribution in [0.4, 0.5) is 0 Å². The molecule has 1 spiro atoms. The van der Waals surface area contributed by atoms with Gasteiger partial charge in [0.1, 0.15) is 6.10 Å². The number of fused-ring (bicyclic) bond motifs is 4. The highest BCUT2D eigenvalue weighted by Gasteiger charge is 2.54. The molecule has 1 aromatic heterocycles. The maximum atomic E-state index is 7.37. The molecule has 1 unspecified atom stereocenters. The quantitative estimate of drug-likeness (QED) is 0.329. The Kier molecular flexibility index (Phi) is 7.76. The van der Waals surface area contributed by atoms with E-state index in [2.05, 4.69) is 99.7 Å². The third kappa shape index (κ3) is 5.38. The minimum Gasteiger partial charge on any atom is -0.410 e. The molecule has 0 saturated heterocycles. The molecule has 0 amide bonds. The molecule has 40 heavy (non-hydrogen) atoms. The molecule has 2 aromatic rings. The van der Waals surface area contributed by atoms with Gasteiger partial charge in [0.05, 0.1) is 11.7 Å². The highest BCUT2D eigenvalue weighted by molar-refractivity contribution is 6.74. The van der Waals surface area contributed by atoms with Crippen molar-refractivity contribution in [1.82, 2.24) is 4.98 Å². The van der Waals surface area contributed by atoms with Gasteiger partial charge in [-0.1, -0.05) is 99.4 Å². The molecule has 2 atom stereocenters. The second kappa shape index (κ2) is 10.3. The van der Waals surface area contributed by atoms with E-state index in [1.165, 1.54) is 52.0 Å². The molecular formula is C36H55NO2Si. The average Bonchev–Trinajstić information content (AvgIpc) is 3.42. The number of benzene rings is 1. The van der Waals surface area contributed by atoms with Crippen LogP contribution >= 0.6 is 0 Å². The summed E-state index contributed by atoms with van der Waals surface area (Å²) in [7, 11) is -2.01.